The van der Waals surface area contributed by atoms with Crippen LogP contribution in [0.25, 0.3) is 0 Å². The Hall–Kier alpha value is -2.41. The summed E-state index contributed by atoms with van der Waals surface area (Å²) in [4.78, 5) is 12.7. The Morgan fingerprint density at radius 2 is 1.69 bits per heavy atom. The fraction of sp³-hybridized carbons (Fsp3) is 0.368. The van der Waals surface area contributed by atoms with Crippen molar-refractivity contribution in [2.75, 3.05) is 38.1 Å². The molecule has 0 atom stereocenters. The molecule has 1 fully saturated rings. The predicted molar refractivity (Wildman–Crippen MR) is 97.3 cm³/mol. The molecular weight excluding hydrogens is 341 g/mol. The second-order valence-electron chi connectivity index (χ2n) is 6.42. The van der Waals surface area contributed by atoms with Gasteiger partial charge < -0.3 is 9.80 Å². The highest BCUT2D eigenvalue weighted by atomic mass is 19.4. The Balaban J connectivity index is 1.98. The number of nitrogens with zero attached hydrogens (tertiary/aromatic N) is 4. The van der Waals surface area contributed by atoms with E-state index in [4.69, 9.17) is 0 Å². The van der Waals surface area contributed by atoms with Gasteiger partial charge in [0.05, 0.1) is 5.56 Å². The van der Waals surface area contributed by atoms with Crippen LogP contribution in [0.5, 0.6) is 0 Å². The van der Waals surface area contributed by atoms with Gasteiger partial charge >= 0.3 is 6.18 Å². The molecule has 0 aliphatic carbocycles. The van der Waals surface area contributed by atoms with Gasteiger partial charge in [-0.25, -0.2) is 9.98 Å². The average Bonchev–Trinajstić information content (AvgIpc) is 2.62. The normalized spacial score (nSPS) is 16.8. The third kappa shape index (κ3) is 4.40. The predicted octanol–water partition coefficient (Wildman–Crippen LogP) is 3.99. The summed E-state index contributed by atoms with van der Waals surface area (Å²) in [5.41, 5.74) is 0.760. The number of aliphatic imine (C=N–C) groups is 1. The van der Waals surface area contributed by atoms with Crippen LogP contribution in [0, 0.1) is 0 Å². The third-order valence-electron chi connectivity index (χ3n) is 4.43. The number of likely N-dealkylation sites (N-methyl/N-ethyl adjacent to an activating group) is 1. The van der Waals surface area contributed by atoms with Crippen molar-refractivity contribution < 1.29 is 13.2 Å². The Morgan fingerprint density at radius 3 is 2.31 bits per heavy atom. The quantitative estimate of drug-likeness (QED) is 0.774. The third-order valence-corrected chi connectivity index (χ3v) is 4.43. The van der Waals surface area contributed by atoms with Crippen molar-refractivity contribution in [2.24, 2.45) is 4.99 Å². The molecule has 2 aromatic rings. The molecule has 1 aromatic heterocycles. The number of piperazine rings is 1. The van der Waals surface area contributed by atoms with Crippen LogP contribution in [-0.2, 0) is 6.18 Å². The zero-order chi connectivity index (χ0) is 18.7. The lowest BCUT2D eigenvalue weighted by atomic mass is 10.1. The lowest BCUT2D eigenvalue weighted by molar-refractivity contribution is -0.137. The highest BCUT2D eigenvalue weighted by Gasteiger charge is 2.32. The maximum absolute atomic E-state index is 13.3. The van der Waals surface area contributed by atoms with Gasteiger partial charge in [-0.15, -0.1) is 0 Å². The molecule has 0 N–H and O–H groups in total. The molecule has 0 amide bonds. The molecule has 1 saturated heterocycles. The molecule has 1 aromatic carbocycles. The lowest BCUT2D eigenvalue weighted by Gasteiger charge is -2.33. The van der Waals surface area contributed by atoms with Gasteiger partial charge in [0, 0.05) is 31.9 Å². The summed E-state index contributed by atoms with van der Waals surface area (Å²) in [5.74, 6) is 0.405. The molecule has 1 aliphatic heterocycles. The molecule has 4 nitrogen and oxygen atoms in total. The summed E-state index contributed by atoms with van der Waals surface area (Å²) in [6.07, 6.45) is -4.44. The number of hydrogen-bond acceptors (Lipinski definition) is 4. The average molecular weight is 362 g/mol. The fourth-order valence-corrected chi connectivity index (χ4v) is 2.84. The number of halogens is 3. The van der Waals surface area contributed by atoms with Gasteiger partial charge in [0.2, 0.25) is 0 Å². The van der Waals surface area contributed by atoms with E-state index in [1.807, 2.05) is 42.3 Å². The van der Waals surface area contributed by atoms with E-state index < -0.39 is 11.7 Å². The first-order valence-corrected chi connectivity index (χ1v) is 8.46. The van der Waals surface area contributed by atoms with Gasteiger partial charge in [-0.2, -0.15) is 13.2 Å². The topological polar surface area (TPSA) is 31.7 Å². The van der Waals surface area contributed by atoms with Gasteiger partial charge in [-0.1, -0.05) is 30.3 Å². The SMILES string of the molecule is C/C(=N/c1cc(C(F)(F)F)cc(N2CCN(C)CC2)n1)c1ccccc1. The maximum Gasteiger partial charge on any atom is 0.416 e. The van der Waals surface area contributed by atoms with E-state index in [-0.39, 0.29) is 5.82 Å². The van der Waals surface area contributed by atoms with Crippen molar-refractivity contribution in [3.63, 3.8) is 0 Å². The maximum atomic E-state index is 13.3. The molecule has 26 heavy (non-hydrogen) atoms. The molecule has 0 spiro atoms. The van der Waals surface area contributed by atoms with Crippen LogP contribution in [0.15, 0.2) is 47.5 Å². The summed E-state index contributed by atoms with van der Waals surface area (Å²) in [6, 6.07) is 11.5. The number of alkyl halides is 3. The standard InChI is InChI=1S/C19H21F3N4/c1-14(15-6-4-3-5-7-15)23-17-12-16(19(20,21)22)13-18(24-17)26-10-8-25(2)9-11-26/h3-7,12-13H,8-11H2,1-2H3/b23-14-. The number of rotatable bonds is 3. The summed E-state index contributed by atoms with van der Waals surface area (Å²) in [5, 5.41) is 0. The van der Waals surface area contributed by atoms with Gasteiger partial charge in [0.1, 0.15) is 5.82 Å². The zero-order valence-corrected chi connectivity index (χ0v) is 14.8. The Bertz CT molecular complexity index is 779. The van der Waals surface area contributed by atoms with Crippen LogP contribution in [0.3, 0.4) is 0 Å². The van der Waals surface area contributed by atoms with E-state index in [0.29, 0.717) is 24.6 Å². The second-order valence-corrected chi connectivity index (χ2v) is 6.42. The Labute approximate surface area is 151 Å². The number of aromatic nitrogens is 1. The molecule has 0 saturated carbocycles. The van der Waals surface area contributed by atoms with Crippen LogP contribution < -0.4 is 4.90 Å². The van der Waals surface area contributed by atoms with E-state index in [0.717, 1.165) is 30.8 Å². The van der Waals surface area contributed by atoms with Crippen LogP contribution >= 0.6 is 0 Å². The van der Waals surface area contributed by atoms with E-state index in [2.05, 4.69) is 14.9 Å². The molecular formula is C19H21F3N4. The van der Waals surface area contributed by atoms with Crippen molar-refractivity contribution in [2.45, 2.75) is 13.1 Å². The van der Waals surface area contributed by atoms with Crippen LogP contribution in [0.1, 0.15) is 18.1 Å². The van der Waals surface area contributed by atoms with Crippen molar-refractivity contribution in [3.8, 4) is 0 Å². The van der Waals surface area contributed by atoms with E-state index >= 15 is 0 Å². The summed E-state index contributed by atoms with van der Waals surface area (Å²) < 4.78 is 40.0. The second kappa shape index (κ2) is 7.45. The summed E-state index contributed by atoms with van der Waals surface area (Å²) in [6.45, 7) is 4.64. The largest absolute Gasteiger partial charge is 0.416 e. The van der Waals surface area contributed by atoms with E-state index in [9.17, 15) is 13.2 Å². The minimum Gasteiger partial charge on any atom is -0.354 e. The minimum absolute atomic E-state index is 0.0788. The number of hydrogen-bond donors (Lipinski definition) is 0. The first-order chi connectivity index (χ1) is 12.3. The van der Waals surface area contributed by atoms with E-state index in [1.54, 1.807) is 6.92 Å². The zero-order valence-electron chi connectivity index (χ0n) is 14.8. The molecule has 7 heteroatoms. The highest BCUT2D eigenvalue weighted by Crippen LogP contribution is 2.34. The molecule has 138 valence electrons. The highest BCUT2D eigenvalue weighted by molar-refractivity contribution is 6.00. The first kappa shape index (κ1) is 18.4. The molecule has 0 bridgehead atoms. The molecule has 1 aliphatic rings. The van der Waals surface area contributed by atoms with Crippen molar-refractivity contribution in [1.29, 1.82) is 0 Å². The number of anilines is 1. The smallest absolute Gasteiger partial charge is 0.354 e. The number of benzene rings is 1. The van der Waals surface area contributed by atoms with Crippen LogP contribution in [-0.4, -0.2) is 48.8 Å². The first-order valence-electron chi connectivity index (χ1n) is 8.46. The molecule has 0 radical (unpaired) electrons. The van der Waals surface area contributed by atoms with Crippen LogP contribution in [0.4, 0.5) is 24.8 Å². The summed E-state index contributed by atoms with van der Waals surface area (Å²) >= 11 is 0. The van der Waals surface area contributed by atoms with Crippen molar-refractivity contribution in [1.82, 2.24) is 9.88 Å². The van der Waals surface area contributed by atoms with Gasteiger partial charge in [-0.3, -0.25) is 0 Å². The van der Waals surface area contributed by atoms with Crippen LogP contribution in [0.2, 0.25) is 0 Å². The molecule has 3 rings (SSSR count). The minimum atomic E-state index is -4.44. The van der Waals surface area contributed by atoms with Crippen molar-refractivity contribution >= 4 is 17.3 Å². The summed E-state index contributed by atoms with van der Waals surface area (Å²) in [7, 11) is 2.00. The van der Waals surface area contributed by atoms with Gasteiger partial charge in [-0.05, 0) is 31.7 Å². The lowest BCUT2D eigenvalue weighted by Crippen LogP contribution is -2.44. The fourth-order valence-electron chi connectivity index (χ4n) is 2.84. The Kier molecular flexibility index (Phi) is 5.27. The molecule has 2 heterocycles. The Morgan fingerprint density at radius 1 is 1.04 bits per heavy atom. The van der Waals surface area contributed by atoms with Gasteiger partial charge in [0.25, 0.3) is 0 Å². The number of pyridine rings is 1. The van der Waals surface area contributed by atoms with Crippen molar-refractivity contribution in [3.05, 3.63) is 53.6 Å². The van der Waals surface area contributed by atoms with Gasteiger partial charge in [0.15, 0.2) is 5.82 Å². The monoisotopic (exact) mass is 362 g/mol. The molecule has 0 unspecified atom stereocenters. The van der Waals surface area contributed by atoms with E-state index in [1.165, 1.54) is 0 Å².